The van der Waals surface area contributed by atoms with Crippen molar-refractivity contribution in [2.75, 3.05) is 0 Å². The Balaban J connectivity index is 0.000000774. The second-order valence-electron chi connectivity index (χ2n) is 4.49. The van der Waals surface area contributed by atoms with E-state index in [0.29, 0.717) is 16.6 Å². The van der Waals surface area contributed by atoms with Crippen LogP contribution in [-0.2, 0) is 6.54 Å². The Morgan fingerprint density at radius 2 is 1.48 bits per heavy atom. The van der Waals surface area contributed by atoms with Crippen LogP contribution in [0.5, 0.6) is 0 Å². The summed E-state index contributed by atoms with van der Waals surface area (Å²) < 4.78 is 0. The fourth-order valence-corrected chi connectivity index (χ4v) is 2.26. The van der Waals surface area contributed by atoms with Gasteiger partial charge >= 0.3 is 0 Å². The van der Waals surface area contributed by atoms with Gasteiger partial charge in [0.25, 0.3) is 11.8 Å². The summed E-state index contributed by atoms with van der Waals surface area (Å²) in [6, 6.07) is 14.1. The first-order valence-electron chi connectivity index (χ1n) is 6.96. The standard InChI is InChI=1S/C15H10BNO2.C2H6/c16-11-5-3-4-10(8-11)9-17-14(18)12-6-1-2-7-13(12)15(17)19;1-2/h1-8H,9H2;1-2H3. The minimum absolute atomic E-state index is 0.247. The number of imide groups is 1. The van der Waals surface area contributed by atoms with Gasteiger partial charge in [-0.1, -0.05) is 55.7 Å². The van der Waals surface area contributed by atoms with Gasteiger partial charge in [-0.3, -0.25) is 14.5 Å². The van der Waals surface area contributed by atoms with Crippen molar-refractivity contribution in [1.82, 2.24) is 4.90 Å². The highest BCUT2D eigenvalue weighted by Crippen LogP contribution is 2.23. The van der Waals surface area contributed by atoms with E-state index in [1.807, 2.05) is 26.0 Å². The molecule has 1 aliphatic rings. The second kappa shape index (κ2) is 6.40. The zero-order chi connectivity index (χ0) is 15.4. The van der Waals surface area contributed by atoms with E-state index in [4.69, 9.17) is 7.85 Å². The van der Waals surface area contributed by atoms with Gasteiger partial charge in [0.15, 0.2) is 0 Å². The highest BCUT2D eigenvalue weighted by Gasteiger charge is 2.34. The molecule has 3 nitrogen and oxygen atoms in total. The highest BCUT2D eigenvalue weighted by molar-refractivity contribution is 6.32. The van der Waals surface area contributed by atoms with E-state index in [1.54, 1.807) is 36.4 Å². The molecule has 0 saturated carbocycles. The van der Waals surface area contributed by atoms with E-state index in [-0.39, 0.29) is 18.4 Å². The molecular weight excluding hydrogens is 261 g/mol. The van der Waals surface area contributed by atoms with Gasteiger partial charge in [-0.2, -0.15) is 0 Å². The molecule has 2 amide bonds. The molecule has 2 radical (unpaired) electrons. The van der Waals surface area contributed by atoms with Crippen molar-refractivity contribution in [3.63, 3.8) is 0 Å². The predicted octanol–water partition coefficient (Wildman–Crippen LogP) is 2.30. The summed E-state index contributed by atoms with van der Waals surface area (Å²) in [5.74, 6) is -0.494. The number of rotatable bonds is 2. The minimum Gasteiger partial charge on any atom is -0.270 e. The first-order valence-corrected chi connectivity index (χ1v) is 6.96. The Hall–Kier alpha value is -2.36. The van der Waals surface area contributed by atoms with E-state index in [9.17, 15) is 9.59 Å². The summed E-state index contributed by atoms with van der Waals surface area (Å²) in [4.78, 5) is 25.6. The van der Waals surface area contributed by atoms with Crippen LogP contribution in [0.2, 0.25) is 0 Å². The van der Waals surface area contributed by atoms with Crippen LogP contribution in [0.15, 0.2) is 48.5 Å². The van der Waals surface area contributed by atoms with Crippen LogP contribution in [0.25, 0.3) is 0 Å². The zero-order valence-corrected chi connectivity index (χ0v) is 12.2. The van der Waals surface area contributed by atoms with Crippen LogP contribution in [0.4, 0.5) is 0 Å². The summed E-state index contributed by atoms with van der Waals surface area (Å²) in [7, 11) is 5.70. The van der Waals surface area contributed by atoms with E-state index >= 15 is 0 Å². The summed E-state index contributed by atoms with van der Waals surface area (Å²) in [6.07, 6.45) is 0. The van der Waals surface area contributed by atoms with Crippen molar-refractivity contribution >= 4 is 25.1 Å². The third-order valence-corrected chi connectivity index (χ3v) is 3.17. The van der Waals surface area contributed by atoms with Gasteiger partial charge < -0.3 is 0 Å². The molecule has 0 saturated heterocycles. The lowest BCUT2D eigenvalue weighted by Gasteiger charge is -2.14. The number of fused-ring (bicyclic) bond motifs is 1. The van der Waals surface area contributed by atoms with Crippen molar-refractivity contribution in [3.8, 4) is 0 Å². The minimum atomic E-state index is -0.247. The Morgan fingerprint density at radius 1 is 0.905 bits per heavy atom. The lowest BCUT2D eigenvalue weighted by molar-refractivity contribution is 0.0642. The van der Waals surface area contributed by atoms with Crippen molar-refractivity contribution in [2.45, 2.75) is 20.4 Å². The fraction of sp³-hybridized carbons (Fsp3) is 0.176. The maximum atomic E-state index is 12.2. The van der Waals surface area contributed by atoms with Gasteiger partial charge in [0.05, 0.1) is 17.7 Å². The molecule has 0 N–H and O–H groups in total. The van der Waals surface area contributed by atoms with Crippen molar-refractivity contribution in [1.29, 1.82) is 0 Å². The maximum absolute atomic E-state index is 12.2. The average molecular weight is 277 g/mol. The summed E-state index contributed by atoms with van der Waals surface area (Å²) >= 11 is 0. The molecule has 0 unspecified atom stereocenters. The van der Waals surface area contributed by atoms with Gasteiger partial charge in [-0.25, -0.2) is 0 Å². The number of carbonyl (C=O) groups is 2. The number of nitrogens with zero attached hydrogens (tertiary/aromatic N) is 1. The Bertz CT molecular complexity index is 647. The third kappa shape index (κ3) is 2.89. The van der Waals surface area contributed by atoms with Crippen molar-refractivity contribution in [3.05, 3.63) is 65.2 Å². The molecular formula is C17H16BNO2. The molecule has 2 aromatic carbocycles. The molecule has 3 rings (SSSR count). The molecule has 0 bridgehead atoms. The fourth-order valence-electron chi connectivity index (χ4n) is 2.26. The van der Waals surface area contributed by atoms with Crippen molar-refractivity contribution < 1.29 is 9.59 Å². The normalized spacial score (nSPS) is 12.8. The van der Waals surface area contributed by atoms with Gasteiger partial charge in [-0.15, -0.1) is 0 Å². The molecule has 0 fully saturated rings. The number of benzene rings is 2. The van der Waals surface area contributed by atoms with Gasteiger partial charge in [0.1, 0.15) is 7.85 Å². The van der Waals surface area contributed by atoms with Crippen LogP contribution in [0.1, 0.15) is 40.1 Å². The molecule has 0 atom stereocenters. The van der Waals surface area contributed by atoms with Crippen LogP contribution < -0.4 is 5.46 Å². The molecule has 1 heterocycles. The Kier molecular flexibility index (Phi) is 4.58. The van der Waals surface area contributed by atoms with E-state index < -0.39 is 0 Å². The summed E-state index contributed by atoms with van der Waals surface area (Å²) in [5, 5.41) is 0. The quantitative estimate of drug-likeness (QED) is 0.624. The van der Waals surface area contributed by atoms with E-state index in [0.717, 1.165) is 5.56 Å². The Morgan fingerprint density at radius 3 is 2.00 bits per heavy atom. The van der Waals surface area contributed by atoms with Gasteiger partial charge in [0.2, 0.25) is 0 Å². The van der Waals surface area contributed by atoms with Crippen LogP contribution in [-0.4, -0.2) is 24.6 Å². The largest absolute Gasteiger partial charge is 0.270 e. The predicted molar refractivity (Wildman–Crippen MR) is 83.8 cm³/mol. The number of carbonyl (C=O) groups excluding carboxylic acids is 2. The number of hydrogen-bond donors (Lipinski definition) is 0. The summed E-state index contributed by atoms with van der Waals surface area (Å²) in [6.45, 7) is 4.25. The van der Waals surface area contributed by atoms with Crippen molar-refractivity contribution in [2.24, 2.45) is 0 Å². The van der Waals surface area contributed by atoms with E-state index in [1.165, 1.54) is 4.90 Å². The third-order valence-electron chi connectivity index (χ3n) is 3.17. The van der Waals surface area contributed by atoms with Gasteiger partial charge in [-0.05, 0) is 17.7 Å². The lowest BCUT2D eigenvalue weighted by atomic mass is 9.94. The number of hydrogen-bond acceptors (Lipinski definition) is 2. The highest BCUT2D eigenvalue weighted by atomic mass is 16.2. The monoisotopic (exact) mass is 277 g/mol. The topological polar surface area (TPSA) is 37.4 Å². The first-order chi connectivity index (χ1) is 10.2. The molecule has 0 aliphatic carbocycles. The molecule has 2 aromatic rings. The summed E-state index contributed by atoms with van der Waals surface area (Å²) in [5.41, 5.74) is 2.40. The Labute approximate surface area is 126 Å². The first kappa shape index (κ1) is 15.0. The zero-order valence-electron chi connectivity index (χ0n) is 12.2. The SMILES string of the molecule is CC.[B]c1cccc(CN2C(=O)c3ccccc3C2=O)c1. The lowest BCUT2D eigenvalue weighted by Crippen LogP contribution is -2.29. The average Bonchev–Trinajstić information content (AvgIpc) is 2.75. The second-order valence-corrected chi connectivity index (χ2v) is 4.49. The van der Waals surface area contributed by atoms with Crippen LogP contribution in [0, 0.1) is 0 Å². The molecule has 104 valence electrons. The molecule has 21 heavy (non-hydrogen) atoms. The molecule has 0 aromatic heterocycles. The molecule has 1 aliphatic heterocycles. The smallest absolute Gasteiger partial charge is 0.261 e. The van der Waals surface area contributed by atoms with Gasteiger partial charge in [0, 0.05) is 0 Å². The molecule has 4 heteroatoms. The van der Waals surface area contributed by atoms with E-state index in [2.05, 4.69) is 0 Å². The molecule has 0 spiro atoms. The number of amides is 2. The van der Waals surface area contributed by atoms with Crippen LogP contribution in [0.3, 0.4) is 0 Å². The maximum Gasteiger partial charge on any atom is 0.261 e. The van der Waals surface area contributed by atoms with Crippen LogP contribution >= 0.6 is 0 Å².